The Morgan fingerprint density at radius 3 is 2.86 bits per heavy atom. The summed E-state index contributed by atoms with van der Waals surface area (Å²) in [6.07, 6.45) is 0.783. The van der Waals surface area contributed by atoms with Gasteiger partial charge < -0.3 is 10.2 Å². The van der Waals surface area contributed by atoms with Gasteiger partial charge in [-0.1, -0.05) is 0 Å². The van der Waals surface area contributed by atoms with E-state index in [1.807, 2.05) is 18.4 Å². The first-order chi connectivity index (χ1) is 9.81. The van der Waals surface area contributed by atoms with Crippen LogP contribution in [0.15, 0.2) is 16.8 Å². The largest absolute Gasteiger partial charge is 0.335 e. The van der Waals surface area contributed by atoms with Crippen LogP contribution in [-0.4, -0.2) is 49.0 Å². The summed E-state index contributed by atoms with van der Waals surface area (Å²) < 4.78 is 23.7. The minimum Gasteiger partial charge on any atom is -0.335 e. The van der Waals surface area contributed by atoms with Crippen molar-refractivity contribution in [3.05, 3.63) is 22.4 Å². The van der Waals surface area contributed by atoms with E-state index >= 15 is 0 Å². The fourth-order valence-electron chi connectivity index (χ4n) is 2.56. The number of hydrogen-bond donors (Lipinski definition) is 1. The molecule has 1 saturated heterocycles. The Bertz CT molecular complexity index is 583. The van der Waals surface area contributed by atoms with Crippen LogP contribution in [0.2, 0.25) is 0 Å². The number of sulfone groups is 1. The van der Waals surface area contributed by atoms with E-state index in [1.54, 1.807) is 30.1 Å². The molecule has 0 radical (unpaired) electrons. The van der Waals surface area contributed by atoms with Crippen molar-refractivity contribution in [2.24, 2.45) is 0 Å². The molecule has 7 heteroatoms. The molecule has 1 aliphatic rings. The lowest BCUT2D eigenvalue weighted by atomic mass is 10.1. The van der Waals surface area contributed by atoms with Crippen LogP contribution < -0.4 is 5.32 Å². The Kier molecular flexibility index (Phi) is 4.93. The smallest absolute Gasteiger partial charge is 0.317 e. The first-order valence-corrected chi connectivity index (χ1v) is 9.77. The van der Waals surface area contributed by atoms with Crippen LogP contribution in [0.3, 0.4) is 0 Å². The summed E-state index contributed by atoms with van der Waals surface area (Å²) in [6, 6.07) is 1.60. The molecule has 21 heavy (non-hydrogen) atoms. The maximum atomic E-state index is 12.3. The third-order valence-corrected chi connectivity index (χ3v) is 7.12. The molecule has 1 aromatic heterocycles. The third-order valence-electron chi connectivity index (χ3n) is 4.11. The zero-order chi connectivity index (χ0) is 15.6. The van der Waals surface area contributed by atoms with Crippen molar-refractivity contribution in [3.8, 4) is 0 Å². The maximum Gasteiger partial charge on any atom is 0.317 e. The van der Waals surface area contributed by atoms with Gasteiger partial charge in [0.05, 0.1) is 11.0 Å². The fraction of sp³-hybridized carbons (Fsp3) is 0.643. The van der Waals surface area contributed by atoms with E-state index in [0.29, 0.717) is 0 Å². The fourth-order valence-corrected chi connectivity index (χ4v) is 4.81. The molecule has 118 valence electrons. The normalized spacial score (nSPS) is 26.3. The Morgan fingerprint density at radius 1 is 1.52 bits per heavy atom. The minimum atomic E-state index is -3.07. The standard InChI is InChI=1S/C14H22N2O3S2/c1-10(8-13-4-6-20-9-13)15-14(17)16-5-7-21(18,19)12(3)11(16)2/h4,6,9-12H,5,7-8H2,1-3H3,(H,15,17)/t10-,11-,12+/m1/s1. The quantitative estimate of drug-likeness (QED) is 0.920. The molecule has 1 aliphatic heterocycles. The summed E-state index contributed by atoms with van der Waals surface area (Å²) in [5, 5.41) is 6.54. The van der Waals surface area contributed by atoms with Crippen LogP contribution in [-0.2, 0) is 16.3 Å². The van der Waals surface area contributed by atoms with Gasteiger partial charge in [0.2, 0.25) is 0 Å². The van der Waals surface area contributed by atoms with Crippen LogP contribution in [0.25, 0.3) is 0 Å². The highest BCUT2D eigenvalue weighted by atomic mass is 32.2. The molecule has 0 spiro atoms. The van der Waals surface area contributed by atoms with Gasteiger partial charge in [-0.25, -0.2) is 13.2 Å². The van der Waals surface area contributed by atoms with E-state index in [1.165, 1.54) is 5.56 Å². The number of amides is 2. The van der Waals surface area contributed by atoms with Gasteiger partial charge in [-0.3, -0.25) is 0 Å². The van der Waals surface area contributed by atoms with Gasteiger partial charge in [0.15, 0.2) is 9.84 Å². The monoisotopic (exact) mass is 330 g/mol. The van der Waals surface area contributed by atoms with Gasteiger partial charge in [-0.2, -0.15) is 11.3 Å². The molecule has 1 aromatic rings. The maximum absolute atomic E-state index is 12.3. The number of nitrogens with one attached hydrogen (secondary N) is 1. The van der Waals surface area contributed by atoms with Crippen molar-refractivity contribution in [2.45, 2.75) is 44.5 Å². The molecular weight excluding hydrogens is 308 g/mol. The molecule has 2 heterocycles. The van der Waals surface area contributed by atoms with E-state index in [4.69, 9.17) is 0 Å². The Morgan fingerprint density at radius 2 is 2.24 bits per heavy atom. The number of urea groups is 1. The lowest BCUT2D eigenvalue weighted by Crippen LogP contribution is -2.57. The van der Waals surface area contributed by atoms with Crippen LogP contribution in [0, 0.1) is 0 Å². The van der Waals surface area contributed by atoms with Crippen LogP contribution in [0.1, 0.15) is 26.3 Å². The van der Waals surface area contributed by atoms with Crippen molar-refractivity contribution in [1.29, 1.82) is 0 Å². The van der Waals surface area contributed by atoms with Crippen molar-refractivity contribution in [1.82, 2.24) is 10.2 Å². The van der Waals surface area contributed by atoms with Crippen molar-refractivity contribution >= 4 is 27.2 Å². The second kappa shape index (κ2) is 6.36. The Labute approximate surface area is 130 Å². The van der Waals surface area contributed by atoms with Crippen molar-refractivity contribution in [2.75, 3.05) is 12.3 Å². The van der Waals surface area contributed by atoms with Crippen LogP contribution >= 0.6 is 11.3 Å². The summed E-state index contributed by atoms with van der Waals surface area (Å²) in [5.74, 6) is 0.0465. The second-order valence-electron chi connectivity index (χ2n) is 5.69. The molecule has 5 nitrogen and oxygen atoms in total. The second-order valence-corrected chi connectivity index (χ2v) is 8.95. The van der Waals surface area contributed by atoms with E-state index < -0.39 is 15.1 Å². The number of hydrogen-bond acceptors (Lipinski definition) is 4. The van der Waals surface area contributed by atoms with Crippen LogP contribution in [0.5, 0.6) is 0 Å². The molecule has 0 bridgehead atoms. The van der Waals surface area contributed by atoms with Crippen molar-refractivity contribution in [3.63, 3.8) is 0 Å². The number of nitrogens with zero attached hydrogens (tertiary/aromatic N) is 1. The molecule has 0 aliphatic carbocycles. The summed E-state index contributed by atoms with van der Waals surface area (Å²) in [7, 11) is -3.07. The van der Waals surface area contributed by atoms with Gasteiger partial charge in [-0.15, -0.1) is 0 Å². The van der Waals surface area contributed by atoms with Gasteiger partial charge in [0, 0.05) is 18.6 Å². The SMILES string of the molecule is C[C@H](Cc1ccsc1)NC(=O)N1CCS(=O)(=O)[C@@H](C)[C@H]1C. The molecule has 1 N–H and O–H groups in total. The number of thiophene rings is 1. The predicted molar refractivity (Wildman–Crippen MR) is 85.4 cm³/mol. The Hall–Kier alpha value is -1.08. The molecule has 2 amide bonds. The average Bonchev–Trinajstić information content (AvgIpc) is 2.88. The number of carbonyl (C=O) groups excluding carboxylic acids is 1. The Balaban J connectivity index is 1.94. The number of carbonyl (C=O) groups is 1. The lowest BCUT2D eigenvalue weighted by molar-refractivity contribution is 0.175. The van der Waals surface area contributed by atoms with Crippen molar-refractivity contribution < 1.29 is 13.2 Å². The molecule has 3 atom stereocenters. The molecule has 2 rings (SSSR count). The van der Waals surface area contributed by atoms with E-state index in [2.05, 4.69) is 10.7 Å². The van der Waals surface area contributed by atoms with Gasteiger partial charge in [0.25, 0.3) is 0 Å². The van der Waals surface area contributed by atoms with E-state index in [-0.39, 0.29) is 30.4 Å². The molecule has 1 fully saturated rings. The molecular formula is C14H22N2O3S2. The van der Waals surface area contributed by atoms with Gasteiger partial charge >= 0.3 is 6.03 Å². The summed E-state index contributed by atoms with van der Waals surface area (Å²) in [4.78, 5) is 14.0. The predicted octanol–water partition coefficient (Wildman–Crippen LogP) is 1.90. The van der Waals surface area contributed by atoms with Crippen LogP contribution in [0.4, 0.5) is 4.79 Å². The zero-order valence-corrected chi connectivity index (χ0v) is 14.2. The topological polar surface area (TPSA) is 66.5 Å². The summed E-state index contributed by atoms with van der Waals surface area (Å²) in [5.41, 5.74) is 1.20. The first kappa shape index (κ1) is 16.3. The van der Waals surface area contributed by atoms with E-state index in [9.17, 15) is 13.2 Å². The molecule has 0 unspecified atom stereocenters. The van der Waals surface area contributed by atoms with E-state index in [0.717, 1.165) is 6.42 Å². The minimum absolute atomic E-state index is 0.0214. The third kappa shape index (κ3) is 3.77. The lowest BCUT2D eigenvalue weighted by Gasteiger charge is -2.38. The van der Waals surface area contributed by atoms with Gasteiger partial charge in [0.1, 0.15) is 0 Å². The molecule has 0 saturated carbocycles. The number of rotatable bonds is 3. The zero-order valence-electron chi connectivity index (χ0n) is 12.6. The highest BCUT2D eigenvalue weighted by Crippen LogP contribution is 2.19. The summed E-state index contributed by atoms with van der Waals surface area (Å²) in [6.45, 7) is 5.70. The first-order valence-electron chi connectivity index (χ1n) is 7.11. The van der Waals surface area contributed by atoms with Gasteiger partial charge in [-0.05, 0) is 49.6 Å². The average molecular weight is 330 g/mol. The highest BCUT2D eigenvalue weighted by Gasteiger charge is 2.38. The highest BCUT2D eigenvalue weighted by molar-refractivity contribution is 7.92. The molecule has 0 aromatic carbocycles. The summed E-state index contributed by atoms with van der Waals surface area (Å²) >= 11 is 1.64.